The Hall–Kier alpha value is -1.02. The summed E-state index contributed by atoms with van der Waals surface area (Å²) in [5.74, 6) is -0.0811. The Morgan fingerprint density at radius 2 is 2.12 bits per heavy atom. The molecule has 0 unspecified atom stereocenters. The number of hydrogen-bond acceptors (Lipinski definition) is 6. The lowest BCUT2D eigenvalue weighted by Gasteiger charge is -2.12. The van der Waals surface area contributed by atoms with E-state index in [0.29, 0.717) is 33.4 Å². The Balaban J connectivity index is 2.73. The van der Waals surface area contributed by atoms with Gasteiger partial charge in [0.2, 0.25) is 0 Å². The fourth-order valence-corrected chi connectivity index (χ4v) is 2.78. The fourth-order valence-electron chi connectivity index (χ4n) is 1.96. The van der Waals surface area contributed by atoms with Crippen LogP contribution in [0.2, 0.25) is 0 Å². The number of allylic oxidation sites excluding steroid dienone is 3. The second-order valence-corrected chi connectivity index (χ2v) is 6.98. The summed E-state index contributed by atoms with van der Waals surface area (Å²) in [5.41, 5.74) is 1.89. The van der Waals surface area contributed by atoms with E-state index in [9.17, 15) is 4.79 Å². The maximum atomic E-state index is 11.6. The molecule has 1 rings (SSSR count). The van der Waals surface area contributed by atoms with Gasteiger partial charge >= 0.3 is 5.97 Å². The molecule has 1 aromatic heterocycles. The van der Waals surface area contributed by atoms with Crippen molar-refractivity contribution in [3.05, 3.63) is 43.6 Å². The van der Waals surface area contributed by atoms with E-state index >= 15 is 0 Å². The highest BCUT2D eigenvalue weighted by Gasteiger charge is 2.14. The number of pyridine rings is 1. The van der Waals surface area contributed by atoms with Crippen LogP contribution in [-0.4, -0.2) is 24.2 Å². The molecule has 0 aliphatic heterocycles. The average Bonchev–Trinajstić information content (AvgIpc) is 2.61. The number of aliphatic imine (C=N–C) groups is 1. The summed E-state index contributed by atoms with van der Waals surface area (Å²) in [7, 11) is 0. The van der Waals surface area contributed by atoms with Gasteiger partial charge in [0.1, 0.15) is 11.0 Å². The van der Waals surface area contributed by atoms with Crippen LogP contribution in [0.15, 0.2) is 42.9 Å². The Kier molecular flexibility index (Phi) is 9.56. The molecule has 0 amide bonds. The van der Waals surface area contributed by atoms with Gasteiger partial charge in [0.15, 0.2) is 5.69 Å². The second-order valence-electron chi connectivity index (χ2n) is 5.02. The molecular weight excluding hydrogens is 449 g/mol. The normalized spacial score (nSPS) is 12.9. The zero-order chi connectivity index (χ0) is 19.0. The first-order valence-electron chi connectivity index (χ1n) is 7.26. The minimum atomic E-state index is -0.633. The molecule has 1 heterocycles. The van der Waals surface area contributed by atoms with Crippen molar-refractivity contribution in [1.82, 2.24) is 4.98 Å². The predicted molar refractivity (Wildman–Crippen MR) is 111 cm³/mol. The maximum absolute atomic E-state index is 11.6. The molecule has 1 N–H and O–H groups in total. The predicted octanol–water partition coefficient (Wildman–Crippen LogP) is 5.72. The minimum absolute atomic E-state index is 0.149. The lowest BCUT2D eigenvalue weighted by Crippen LogP contribution is -2.09. The van der Waals surface area contributed by atoms with Crippen molar-refractivity contribution in [2.45, 2.75) is 26.7 Å². The summed E-state index contributed by atoms with van der Waals surface area (Å²) in [4.78, 5) is 19.6. The maximum Gasteiger partial charge on any atom is 0.370 e. The molecule has 0 aromatic carbocycles. The first-order chi connectivity index (χ1) is 11.8. The number of thiol groups is 1. The number of aromatic nitrogens is 1. The number of carbonyl (C=O) groups excluding carboxylic acids is 1. The van der Waals surface area contributed by atoms with Crippen LogP contribution in [0, 0.1) is 0 Å². The standard InChI is InChI=1S/C16H18BrCl2N3O2S/c1-9(10(2)18)11(15(19)20-3)5-4-8-21-13-7-6-12(17)14(22-13)16(23)24-25/h6-7,25H,3-5,8H2,1-2H3,(H,21,22)/b10-9+,15-11-. The van der Waals surface area contributed by atoms with Crippen LogP contribution in [0.3, 0.4) is 0 Å². The Morgan fingerprint density at radius 1 is 1.44 bits per heavy atom. The Labute approximate surface area is 171 Å². The molecule has 0 radical (unpaired) electrons. The molecule has 0 spiro atoms. The molecule has 0 aliphatic carbocycles. The molecule has 136 valence electrons. The molecule has 0 saturated heterocycles. The van der Waals surface area contributed by atoms with Gasteiger partial charge in [-0.2, -0.15) is 0 Å². The van der Waals surface area contributed by atoms with E-state index in [4.69, 9.17) is 23.2 Å². The zero-order valence-electron chi connectivity index (χ0n) is 13.8. The van der Waals surface area contributed by atoms with Crippen LogP contribution in [0.1, 0.15) is 37.2 Å². The van der Waals surface area contributed by atoms with Crippen molar-refractivity contribution in [2.24, 2.45) is 4.99 Å². The van der Waals surface area contributed by atoms with Crippen LogP contribution in [0.5, 0.6) is 0 Å². The van der Waals surface area contributed by atoms with Gasteiger partial charge in [-0.05, 0) is 72.6 Å². The molecule has 5 nitrogen and oxygen atoms in total. The van der Waals surface area contributed by atoms with Crippen molar-refractivity contribution < 1.29 is 8.98 Å². The molecule has 0 aliphatic rings. The Morgan fingerprint density at radius 3 is 2.68 bits per heavy atom. The lowest BCUT2D eigenvalue weighted by molar-refractivity contribution is 0.0765. The number of nitrogens with zero attached hydrogens (tertiary/aromatic N) is 2. The third kappa shape index (κ3) is 6.66. The van der Waals surface area contributed by atoms with Crippen LogP contribution < -0.4 is 5.32 Å². The first-order valence-corrected chi connectivity index (χ1v) is 9.18. The number of carbonyl (C=O) groups is 1. The highest BCUT2D eigenvalue weighted by molar-refractivity contribution is 9.10. The number of nitrogens with one attached hydrogen (secondary N) is 1. The van der Waals surface area contributed by atoms with E-state index < -0.39 is 5.97 Å². The van der Waals surface area contributed by atoms with Gasteiger partial charge in [-0.15, -0.1) is 0 Å². The van der Waals surface area contributed by atoms with Crippen molar-refractivity contribution in [2.75, 3.05) is 11.9 Å². The quantitative estimate of drug-likeness (QED) is 0.128. The molecular formula is C16H18BrCl2N3O2S. The summed E-state index contributed by atoms with van der Waals surface area (Å²) < 4.78 is 4.93. The molecule has 1 aromatic rings. The van der Waals surface area contributed by atoms with E-state index in [1.807, 2.05) is 6.92 Å². The summed E-state index contributed by atoms with van der Waals surface area (Å²) in [6, 6.07) is 3.46. The van der Waals surface area contributed by atoms with Gasteiger partial charge in [-0.25, -0.2) is 9.78 Å². The van der Waals surface area contributed by atoms with E-state index in [-0.39, 0.29) is 5.69 Å². The summed E-state index contributed by atoms with van der Waals surface area (Å²) >= 11 is 18.9. The fraction of sp³-hybridized carbons (Fsp3) is 0.312. The minimum Gasteiger partial charge on any atom is -0.390 e. The molecule has 0 saturated carbocycles. The van der Waals surface area contributed by atoms with E-state index in [2.05, 4.69) is 55.0 Å². The topological polar surface area (TPSA) is 63.6 Å². The second kappa shape index (κ2) is 10.9. The number of anilines is 1. The highest BCUT2D eigenvalue weighted by Crippen LogP contribution is 2.27. The van der Waals surface area contributed by atoms with Crippen LogP contribution in [0.25, 0.3) is 0 Å². The highest BCUT2D eigenvalue weighted by atomic mass is 79.9. The van der Waals surface area contributed by atoms with Gasteiger partial charge in [0.25, 0.3) is 0 Å². The van der Waals surface area contributed by atoms with Gasteiger partial charge in [0.05, 0.1) is 4.47 Å². The van der Waals surface area contributed by atoms with E-state index in [0.717, 1.165) is 17.6 Å². The third-order valence-corrected chi connectivity index (χ3v) is 4.83. The van der Waals surface area contributed by atoms with Crippen molar-refractivity contribution >= 4 is 70.5 Å². The van der Waals surface area contributed by atoms with Crippen LogP contribution >= 0.6 is 52.0 Å². The van der Waals surface area contributed by atoms with E-state index in [1.165, 1.54) is 0 Å². The SMILES string of the molecule is C=N/C(Cl)=C(CCCNc1ccc(Br)c(C(=O)OS)n1)\C(C)=C(/C)Cl. The molecule has 0 bridgehead atoms. The van der Waals surface area contributed by atoms with Crippen LogP contribution in [-0.2, 0) is 4.18 Å². The van der Waals surface area contributed by atoms with Gasteiger partial charge < -0.3 is 9.50 Å². The average molecular weight is 467 g/mol. The largest absolute Gasteiger partial charge is 0.390 e. The van der Waals surface area contributed by atoms with Crippen molar-refractivity contribution in [1.29, 1.82) is 0 Å². The molecule has 0 atom stereocenters. The summed E-state index contributed by atoms with van der Waals surface area (Å²) in [6.45, 7) is 7.77. The molecule has 0 fully saturated rings. The molecule has 25 heavy (non-hydrogen) atoms. The van der Waals surface area contributed by atoms with Gasteiger partial charge in [0, 0.05) is 24.5 Å². The van der Waals surface area contributed by atoms with Crippen molar-refractivity contribution in [3.8, 4) is 0 Å². The van der Waals surface area contributed by atoms with Gasteiger partial charge in [-0.1, -0.05) is 23.2 Å². The van der Waals surface area contributed by atoms with Crippen molar-refractivity contribution in [3.63, 3.8) is 0 Å². The monoisotopic (exact) mass is 465 g/mol. The summed E-state index contributed by atoms with van der Waals surface area (Å²) in [6.07, 6.45) is 1.43. The number of rotatable bonds is 8. The summed E-state index contributed by atoms with van der Waals surface area (Å²) in [5, 5.41) is 4.15. The first kappa shape index (κ1) is 22.0. The smallest absolute Gasteiger partial charge is 0.370 e. The zero-order valence-corrected chi connectivity index (χ0v) is 17.8. The lowest BCUT2D eigenvalue weighted by atomic mass is 10.0. The Bertz CT molecular complexity index is 719. The number of halogens is 3. The number of hydrogen-bond donors (Lipinski definition) is 2. The van der Waals surface area contributed by atoms with Gasteiger partial charge in [-0.3, -0.25) is 4.99 Å². The molecule has 9 heteroatoms. The third-order valence-electron chi connectivity index (χ3n) is 3.39. The van der Waals surface area contributed by atoms with Crippen LogP contribution in [0.4, 0.5) is 5.82 Å². The van der Waals surface area contributed by atoms with E-state index in [1.54, 1.807) is 19.1 Å².